The molecule has 2 aliphatic rings. The van der Waals surface area contributed by atoms with Crippen molar-refractivity contribution in [2.45, 2.75) is 49.4 Å². The van der Waals surface area contributed by atoms with Gasteiger partial charge in [0.2, 0.25) is 0 Å². The molecule has 0 amide bonds. The van der Waals surface area contributed by atoms with Crippen molar-refractivity contribution in [1.29, 1.82) is 0 Å². The zero-order valence-electron chi connectivity index (χ0n) is 12.0. The van der Waals surface area contributed by atoms with E-state index in [2.05, 4.69) is 14.8 Å². The summed E-state index contributed by atoms with van der Waals surface area (Å²) in [5.41, 5.74) is -2.53. The Morgan fingerprint density at radius 1 is 1.24 bits per heavy atom. The quantitative estimate of drug-likeness (QED) is 0.521. The predicted molar refractivity (Wildman–Crippen MR) is 86.7 cm³/mol. The summed E-state index contributed by atoms with van der Waals surface area (Å²) in [4.78, 5) is 1.03. The number of rotatable bonds is 2. The first-order valence-corrected chi connectivity index (χ1v) is 10.7. The average Bonchev–Trinajstić information content (AvgIpc) is 2.61. The van der Waals surface area contributed by atoms with Crippen molar-refractivity contribution in [1.82, 2.24) is 0 Å². The molecular weight excluding hydrogens is 361 g/mol. The van der Waals surface area contributed by atoms with Gasteiger partial charge in [0.25, 0.3) is 0 Å². The van der Waals surface area contributed by atoms with Crippen molar-refractivity contribution in [2.24, 2.45) is 5.92 Å². The Labute approximate surface area is 132 Å². The first-order chi connectivity index (χ1) is 9.75. The molecule has 3 rings (SSSR count). The van der Waals surface area contributed by atoms with Crippen LogP contribution in [0, 0.1) is 5.92 Å². The molecule has 0 N–H and O–H groups in total. The van der Waals surface area contributed by atoms with Crippen molar-refractivity contribution in [3.63, 3.8) is 0 Å². The van der Waals surface area contributed by atoms with E-state index >= 15 is 0 Å². The summed E-state index contributed by atoms with van der Waals surface area (Å²) in [6.07, 6.45) is 4.59. The molecule has 1 aliphatic heterocycles. The summed E-state index contributed by atoms with van der Waals surface area (Å²) in [5, 5.41) is 0. The fourth-order valence-electron chi connectivity index (χ4n) is 2.93. The lowest BCUT2D eigenvalue weighted by Crippen LogP contribution is -2.22. The van der Waals surface area contributed by atoms with Crippen LogP contribution in [0.3, 0.4) is 0 Å². The number of halogens is 4. The van der Waals surface area contributed by atoms with Crippen LogP contribution in [0.1, 0.15) is 50.2 Å². The number of fused-ring (bicyclic) bond motifs is 1. The highest BCUT2D eigenvalue weighted by Gasteiger charge is 2.57. The number of benzene rings is 1. The van der Waals surface area contributed by atoms with E-state index < -0.39 is 14.0 Å². The van der Waals surface area contributed by atoms with Crippen LogP contribution >= 0.6 is 23.3 Å². The van der Waals surface area contributed by atoms with Gasteiger partial charge >= 0.3 is 5.51 Å². The molecule has 116 valence electrons. The van der Waals surface area contributed by atoms with Gasteiger partial charge < -0.3 is 0 Å². The molecule has 1 aliphatic carbocycles. The zero-order valence-corrected chi connectivity index (χ0v) is 14.4. The molecule has 1 unspecified atom stereocenters. The molecule has 21 heavy (non-hydrogen) atoms. The van der Waals surface area contributed by atoms with Gasteiger partial charge in [-0.05, 0) is 76.1 Å². The van der Waals surface area contributed by atoms with E-state index in [4.69, 9.17) is 0 Å². The lowest BCUT2D eigenvalue weighted by atomic mass is 9.84. The third-order valence-electron chi connectivity index (χ3n) is 4.46. The molecule has 5 heteroatoms. The third kappa shape index (κ3) is 2.27. The van der Waals surface area contributed by atoms with Crippen LogP contribution in [0.5, 0.6) is 0 Å². The van der Waals surface area contributed by atoms with Gasteiger partial charge in [0.15, 0.2) is 0 Å². The van der Waals surface area contributed by atoms with Crippen LogP contribution < -0.4 is 0 Å². The highest BCUT2D eigenvalue weighted by Crippen LogP contribution is 2.83. The molecule has 1 heterocycles. The minimum absolute atomic E-state index is 0.0934. The second-order valence-electron chi connectivity index (χ2n) is 6.11. The van der Waals surface area contributed by atoms with Gasteiger partial charge in [-0.2, -0.15) is 13.2 Å². The van der Waals surface area contributed by atoms with Crippen LogP contribution in [0.4, 0.5) is 13.2 Å². The molecule has 0 aromatic heterocycles. The normalized spacial score (nSPS) is 28.8. The van der Waals surface area contributed by atoms with Crippen molar-refractivity contribution < 1.29 is 13.2 Å². The molecule has 0 radical (unpaired) electrons. The Morgan fingerprint density at radius 3 is 2.38 bits per heavy atom. The number of alkyl halides is 3. The molecule has 0 bridgehead atoms. The maximum absolute atomic E-state index is 13.9. The number of hydrogen-bond donors (Lipinski definition) is 0. The van der Waals surface area contributed by atoms with E-state index in [1.807, 2.05) is 26.0 Å². The topological polar surface area (TPSA) is 0 Å². The zero-order chi connectivity index (χ0) is 15.4. The van der Waals surface area contributed by atoms with Gasteiger partial charge in [-0.25, -0.2) is 0 Å². The standard InChI is InChI=1S/C16H18BrF3S/c1-10(2)12-6-7-13-9-14(11-4-3-5-11)21(17,15(13)8-12)16(18,19)20/h6-11H,3-5H2,1-2H3. The Balaban J connectivity index is 2.15. The Morgan fingerprint density at radius 2 is 1.90 bits per heavy atom. The maximum atomic E-state index is 13.9. The molecule has 1 fully saturated rings. The van der Waals surface area contributed by atoms with Crippen molar-refractivity contribution >= 4 is 29.4 Å². The van der Waals surface area contributed by atoms with Crippen LogP contribution in [-0.2, 0) is 0 Å². The largest absolute Gasteiger partial charge is 0.442 e. The van der Waals surface area contributed by atoms with E-state index in [9.17, 15) is 13.2 Å². The van der Waals surface area contributed by atoms with Gasteiger partial charge in [-0.15, -0.1) is 0 Å². The highest BCUT2D eigenvalue weighted by atomic mass is 79.9. The fourth-order valence-corrected chi connectivity index (χ4v) is 7.35. The van der Waals surface area contributed by atoms with E-state index in [1.54, 1.807) is 12.1 Å². The summed E-state index contributed by atoms with van der Waals surface area (Å²) in [7, 11) is -3.06. The number of allylic oxidation sites excluding steroid dienone is 1. The van der Waals surface area contributed by atoms with E-state index in [1.165, 1.54) is 0 Å². The van der Waals surface area contributed by atoms with E-state index in [0.29, 0.717) is 9.80 Å². The number of hydrogen-bond acceptors (Lipinski definition) is 0. The highest BCUT2D eigenvalue weighted by molar-refractivity contribution is 9.59. The third-order valence-corrected chi connectivity index (χ3v) is 10.4. The monoisotopic (exact) mass is 378 g/mol. The van der Waals surface area contributed by atoms with Gasteiger partial charge in [-0.1, -0.05) is 32.4 Å². The molecule has 1 saturated carbocycles. The second kappa shape index (κ2) is 5.05. The summed E-state index contributed by atoms with van der Waals surface area (Å²) in [6.45, 7) is 4.02. The Hall–Kier alpha value is -0.420. The van der Waals surface area contributed by atoms with Gasteiger partial charge in [0.1, 0.15) is 0 Å². The summed E-state index contributed by atoms with van der Waals surface area (Å²) in [6, 6.07) is 5.57. The van der Waals surface area contributed by atoms with Crippen molar-refractivity contribution in [2.75, 3.05) is 0 Å². The van der Waals surface area contributed by atoms with Crippen LogP contribution in [-0.4, -0.2) is 5.51 Å². The fraction of sp³-hybridized carbons (Fsp3) is 0.500. The minimum atomic E-state index is -4.24. The van der Waals surface area contributed by atoms with E-state index in [0.717, 1.165) is 30.4 Å². The Kier molecular flexibility index (Phi) is 3.72. The maximum Gasteiger partial charge on any atom is 0.442 e. The van der Waals surface area contributed by atoms with Gasteiger partial charge in [0.05, 0.1) is 0 Å². The smallest absolute Gasteiger partial charge is 0.160 e. The van der Waals surface area contributed by atoms with Gasteiger partial charge in [0, 0.05) is 4.90 Å². The van der Waals surface area contributed by atoms with Crippen LogP contribution in [0.25, 0.3) is 6.08 Å². The molecule has 1 aromatic carbocycles. The molecule has 0 nitrogen and oxygen atoms in total. The molecule has 0 spiro atoms. The molecule has 1 aromatic rings. The predicted octanol–water partition coefficient (Wildman–Crippen LogP) is 6.96. The minimum Gasteiger partial charge on any atom is -0.160 e. The lowest BCUT2D eigenvalue weighted by Gasteiger charge is -2.41. The summed E-state index contributed by atoms with van der Waals surface area (Å²) < 4.78 is 41.6. The van der Waals surface area contributed by atoms with Crippen LogP contribution in [0.2, 0.25) is 0 Å². The van der Waals surface area contributed by atoms with Crippen molar-refractivity contribution in [3.05, 3.63) is 34.2 Å². The second-order valence-corrected chi connectivity index (χ2v) is 11.5. The van der Waals surface area contributed by atoms with E-state index in [-0.39, 0.29) is 11.8 Å². The molecule has 0 saturated heterocycles. The molecular formula is C16H18BrF3S. The SMILES string of the molecule is CC(C)c1ccc2c(c1)S(Br)(C(F)(F)F)C(C1CCC1)=C2. The van der Waals surface area contributed by atoms with Crippen LogP contribution in [0.15, 0.2) is 28.0 Å². The van der Waals surface area contributed by atoms with Gasteiger partial charge in [-0.3, -0.25) is 0 Å². The lowest BCUT2D eigenvalue weighted by molar-refractivity contribution is -0.0358. The first-order valence-electron chi connectivity index (χ1n) is 7.20. The molecule has 1 atom stereocenters. The first kappa shape index (κ1) is 15.5. The summed E-state index contributed by atoms with van der Waals surface area (Å²) in [5.74, 6) is 0.323. The average molecular weight is 379 g/mol. The van der Waals surface area contributed by atoms with Crippen molar-refractivity contribution in [3.8, 4) is 0 Å². The summed E-state index contributed by atoms with van der Waals surface area (Å²) >= 11 is 3.18. The Bertz CT molecular complexity index is 602.